The van der Waals surface area contributed by atoms with E-state index in [1.54, 1.807) is 19.2 Å². The number of carbonyl (C=O) groups excluding carboxylic acids is 1. The molecule has 2 aromatic heterocycles. The lowest BCUT2D eigenvalue weighted by atomic mass is 10.0. The molecule has 0 amide bonds. The Labute approximate surface area is 116 Å². The van der Waals surface area contributed by atoms with Crippen LogP contribution in [0.2, 0.25) is 0 Å². The van der Waals surface area contributed by atoms with Crippen LogP contribution in [-0.2, 0) is 4.74 Å². The molecule has 2 aromatic rings. The van der Waals surface area contributed by atoms with Gasteiger partial charge in [0.2, 0.25) is 0 Å². The van der Waals surface area contributed by atoms with E-state index in [2.05, 4.69) is 15.4 Å². The summed E-state index contributed by atoms with van der Waals surface area (Å²) in [5, 5.41) is 7.63. The van der Waals surface area contributed by atoms with Crippen molar-refractivity contribution in [3.05, 3.63) is 41.9 Å². The van der Waals surface area contributed by atoms with E-state index in [1.807, 2.05) is 23.0 Å². The molecular formula is C14H16N4O2. The second kappa shape index (κ2) is 5.32. The van der Waals surface area contributed by atoms with Crippen LogP contribution in [0.15, 0.2) is 30.6 Å². The molecule has 6 heteroatoms. The Hall–Kier alpha value is -2.37. The van der Waals surface area contributed by atoms with Crippen LogP contribution in [0, 0.1) is 0 Å². The van der Waals surface area contributed by atoms with Crippen molar-refractivity contribution in [3.8, 4) is 0 Å². The number of esters is 1. The smallest absolute Gasteiger partial charge is 0.358 e. The van der Waals surface area contributed by atoms with E-state index in [9.17, 15) is 4.79 Å². The molecule has 0 aromatic carbocycles. The third-order valence-corrected chi connectivity index (χ3v) is 3.31. The Morgan fingerprint density at radius 1 is 1.60 bits per heavy atom. The maximum absolute atomic E-state index is 11.8. The molecule has 0 radical (unpaired) electrons. The average Bonchev–Trinajstić information content (AvgIpc) is 2.92. The fraction of sp³-hybridized carbons (Fsp3) is 0.357. The molecule has 3 heterocycles. The first-order valence-corrected chi connectivity index (χ1v) is 6.70. The van der Waals surface area contributed by atoms with E-state index in [4.69, 9.17) is 4.74 Å². The summed E-state index contributed by atoms with van der Waals surface area (Å²) in [6.07, 6.45) is 4.49. The molecule has 0 saturated heterocycles. The lowest BCUT2D eigenvalue weighted by Crippen LogP contribution is -2.24. The molecule has 3 rings (SSSR count). The van der Waals surface area contributed by atoms with Crippen molar-refractivity contribution < 1.29 is 9.53 Å². The Kier molecular flexibility index (Phi) is 3.37. The molecule has 0 aliphatic carbocycles. The minimum atomic E-state index is -0.388. The Morgan fingerprint density at radius 2 is 2.50 bits per heavy atom. The first-order chi connectivity index (χ1) is 9.79. The number of rotatable bonds is 3. The average molecular weight is 272 g/mol. The van der Waals surface area contributed by atoms with Crippen molar-refractivity contribution in [3.63, 3.8) is 0 Å². The summed E-state index contributed by atoms with van der Waals surface area (Å²) in [6, 6.07) is 5.77. The number of ether oxygens (including phenoxy) is 1. The molecule has 1 atom stereocenters. The monoisotopic (exact) mass is 272 g/mol. The standard InChI is InChI=1S/C14H16N4O2/c1-2-20-14(19)11-8-13-16-7-5-12(18(13)17-11)10-4-3-6-15-9-10/h3-4,6,8-9,12,16H,2,5,7H2,1H3. The van der Waals surface area contributed by atoms with Gasteiger partial charge in [0.25, 0.3) is 0 Å². The predicted octanol–water partition coefficient (Wildman–Crippen LogP) is 1.86. The van der Waals surface area contributed by atoms with E-state index >= 15 is 0 Å². The van der Waals surface area contributed by atoms with Crippen LogP contribution in [0.3, 0.4) is 0 Å². The molecule has 1 N–H and O–H groups in total. The molecule has 1 aliphatic rings. The maximum atomic E-state index is 11.8. The Balaban J connectivity index is 1.95. The van der Waals surface area contributed by atoms with Gasteiger partial charge in [-0.1, -0.05) is 6.07 Å². The molecule has 20 heavy (non-hydrogen) atoms. The highest BCUT2D eigenvalue weighted by atomic mass is 16.5. The lowest BCUT2D eigenvalue weighted by Gasteiger charge is -2.25. The van der Waals surface area contributed by atoms with Crippen molar-refractivity contribution in [1.29, 1.82) is 0 Å². The summed E-state index contributed by atoms with van der Waals surface area (Å²) in [6.45, 7) is 2.97. The SMILES string of the molecule is CCOC(=O)c1cc2n(n1)C(c1cccnc1)CCN2. The predicted molar refractivity (Wildman–Crippen MR) is 73.7 cm³/mol. The highest BCUT2D eigenvalue weighted by molar-refractivity contribution is 5.88. The van der Waals surface area contributed by atoms with E-state index in [1.165, 1.54) is 0 Å². The first-order valence-electron chi connectivity index (χ1n) is 6.70. The Bertz CT molecular complexity index is 609. The number of nitrogens with one attached hydrogen (secondary N) is 1. The number of carbonyl (C=O) groups is 1. The molecule has 0 saturated carbocycles. The van der Waals surface area contributed by atoms with Crippen molar-refractivity contribution in [2.75, 3.05) is 18.5 Å². The van der Waals surface area contributed by atoms with E-state index < -0.39 is 0 Å². The summed E-state index contributed by atoms with van der Waals surface area (Å²) < 4.78 is 6.83. The zero-order valence-electron chi connectivity index (χ0n) is 11.2. The van der Waals surface area contributed by atoms with Crippen LogP contribution in [0.4, 0.5) is 5.82 Å². The minimum Gasteiger partial charge on any atom is -0.461 e. The number of anilines is 1. The third-order valence-electron chi connectivity index (χ3n) is 3.31. The molecule has 6 nitrogen and oxygen atoms in total. The van der Waals surface area contributed by atoms with Gasteiger partial charge >= 0.3 is 5.97 Å². The largest absolute Gasteiger partial charge is 0.461 e. The second-order valence-corrected chi connectivity index (χ2v) is 4.60. The lowest BCUT2D eigenvalue weighted by molar-refractivity contribution is 0.0518. The molecule has 0 fully saturated rings. The van der Waals surface area contributed by atoms with Gasteiger partial charge in [-0.3, -0.25) is 4.98 Å². The minimum absolute atomic E-state index is 0.100. The van der Waals surface area contributed by atoms with Crippen LogP contribution >= 0.6 is 0 Å². The van der Waals surface area contributed by atoms with Crippen molar-refractivity contribution in [2.45, 2.75) is 19.4 Å². The number of nitrogens with zero attached hydrogens (tertiary/aromatic N) is 3. The van der Waals surface area contributed by atoms with Crippen molar-refractivity contribution in [2.24, 2.45) is 0 Å². The highest BCUT2D eigenvalue weighted by Gasteiger charge is 2.25. The quantitative estimate of drug-likeness (QED) is 0.864. The normalized spacial score (nSPS) is 17.1. The molecule has 1 aliphatic heterocycles. The molecule has 0 bridgehead atoms. The van der Waals surface area contributed by atoms with Crippen LogP contribution in [0.25, 0.3) is 0 Å². The van der Waals surface area contributed by atoms with E-state index in [-0.39, 0.29) is 12.0 Å². The summed E-state index contributed by atoms with van der Waals surface area (Å²) in [5.41, 5.74) is 1.43. The van der Waals surface area contributed by atoms with Gasteiger partial charge in [0.05, 0.1) is 12.6 Å². The molecular weight excluding hydrogens is 256 g/mol. The van der Waals surface area contributed by atoms with E-state index in [0.29, 0.717) is 12.3 Å². The summed E-state index contributed by atoms with van der Waals surface area (Å²) in [5.74, 6) is 0.453. The topological polar surface area (TPSA) is 69.0 Å². The fourth-order valence-electron chi connectivity index (χ4n) is 2.41. The third kappa shape index (κ3) is 2.24. The number of pyridine rings is 1. The van der Waals surface area contributed by atoms with Gasteiger partial charge in [0.1, 0.15) is 5.82 Å². The van der Waals surface area contributed by atoms with Crippen LogP contribution in [-0.4, -0.2) is 33.9 Å². The fourth-order valence-corrected chi connectivity index (χ4v) is 2.41. The second-order valence-electron chi connectivity index (χ2n) is 4.60. The first kappa shape index (κ1) is 12.7. The number of hydrogen-bond acceptors (Lipinski definition) is 5. The molecule has 0 spiro atoms. The van der Waals surface area contributed by atoms with Gasteiger partial charge in [-0.05, 0) is 25.0 Å². The van der Waals surface area contributed by atoms with Gasteiger partial charge in [0.15, 0.2) is 5.69 Å². The van der Waals surface area contributed by atoms with Gasteiger partial charge < -0.3 is 10.1 Å². The zero-order valence-corrected chi connectivity index (χ0v) is 11.2. The van der Waals surface area contributed by atoms with E-state index in [0.717, 1.165) is 24.3 Å². The van der Waals surface area contributed by atoms with Gasteiger partial charge in [0, 0.05) is 25.0 Å². The van der Waals surface area contributed by atoms with Crippen molar-refractivity contribution in [1.82, 2.24) is 14.8 Å². The van der Waals surface area contributed by atoms with Gasteiger partial charge in [-0.2, -0.15) is 5.10 Å². The zero-order chi connectivity index (χ0) is 13.9. The van der Waals surface area contributed by atoms with Gasteiger partial charge in [-0.25, -0.2) is 9.48 Å². The van der Waals surface area contributed by atoms with Crippen LogP contribution in [0.1, 0.15) is 35.4 Å². The van der Waals surface area contributed by atoms with Gasteiger partial charge in [-0.15, -0.1) is 0 Å². The summed E-state index contributed by atoms with van der Waals surface area (Å²) in [7, 11) is 0. The number of hydrogen-bond donors (Lipinski definition) is 1. The molecule has 1 unspecified atom stereocenters. The van der Waals surface area contributed by atoms with Crippen molar-refractivity contribution >= 4 is 11.8 Å². The Morgan fingerprint density at radius 3 is 3.25 bits per heavy atom. The molecule has 104 valence electrons. The summed E-state index contributed by atoms with van der Waals surface area (Å²) >= 11 is 0. The highest BCUT2D eigenvalue weighted by Crippen LogP contribution is 2.29. The number of aromatic nitrogens is 3. The summed E-state index contributed by atoms with van der Waals surface area (Å²) in [4.78, 5) is 15.9. The van der Waals surface area contributed by atoms with Crippen LogP contribution in [0.5, 0.6) is 0 Å². The number of fused-ring (bicyclic) bond motifs is 1. The maximum Gasteiger partial charge on any atom is 0.358 e. The van der Waals surface area contributed by atoms with Crippen LogP contribution < -0.4 is 5.32 Å².